The molecule has 0 radical (unpaired) electrons. The van der Waals surface area contributed by atoms with Gasteiger partial charge in [-0.2, -0.15) is 5.26 Å². The van der Waals surface area contributed by atoms with Crippen molar-refractivity contribution in [1.82, 2.24) is 10.2 Å². The highest BCUT2D eigenvalue weighted by molar-refractivity contribution is 6.34. The smallest absolute Gasteiger partial charge is 0.289 e. The van der Waals surface area contributed by atoms with Crippen LogP contribution in [0.2, 0.25) is 5.02 Å². The van der Waals surface area contributed by atoms with Gasteiger partial charge in [0.2, 0.25) is 0 Å². The zero-order valence-electron chi connectivity index (χ0n) is 16.6. The molecule has 1 aliphatic carbocycles. The van der Waals surface area contributed by atoms with Gasteiger partial charge < -0.3 is 20.0 Å². The van der Waals surface area contributed by atoms with Crippen LogP contribution in [0.1, 0.15) is 61.6 Å². The van der Waals surface area contributed by atoms with E-state index in [9.17, 15) is 4.79 Å². The highest BCUT2D eigenvalue weighted by Crippen LogP contribution is 2.49. The van der Waals surface area contributed by atoms with Crippen molar-refractivity contribution in [3.05, 3.63) is 40.9 Å². The van der Waals surface area contributed by atoms with Crippen LogP contribution in [0.3, 0.4) is 0 Å². The van der Waals surface area contributed by atoms with Gasteiger partial charge in [-0.15, -0.1) is 0 Å². The molecule has 29 heavy (non-hydrogen) atoms. The third-order valence-corrected chi connectivity index (χ3v) is 6.28. The standard InChI is InChI=1S/C22H25ClN4O2/c1-3-27(11-7-10-24)21(28)17-13-15-12-16(23)19-18(20(15)29-17)22(26-14(2)25-19)8-5-4-6-9-22/h12-13,25-26H,2-9,11H2,1H3. The van der Waals surface area contributed by atoms with Gasteiger partial charge >= 0.3 is 0 Å². The Morgan fingerprint density at radius 1 is 1.38 bits per heavy atom. The van der Waals surface area contributed by atoms with E-state index < -0.39 is 0 Å². The summed E-state index contributed by atoms with van der Waals surface area (Å²) in [5, 5.41) is 17.1. The monoisotopic (exact) mass is 412 g/mol. The summed E-state index contributed by atoms with van der Waals surface area (Å²) in [6, 6.07) is 5.69. The average molecular weight is 413 g/mol. The van der Waals surface area contributed by atoms with Gasteiger partial charge in [-0.3, -0.25) is 4.79 Å². The van der Waals surface area contributed by atoms with Gasteiger partial charge in [0.25, 0.3) is 5.91 Å². The molecule has 0 atom stereocenters. The van der Waals surface area contributed by atoms with E-state index in [0.29, 0.717) is 30.1 Å². The van der Waals surface area contributed by atoms with Crippen LogP contribution in [-0.2, 0) is 5.54 Å². The lowest BCUT2D eigenvalue weighted by Gasteiger charge is -2.44. The predicted molar refractivity (Wildman–Crippen MR) is 114 cm³/mol. The van der Waals surface area contributed by atoms with E-state index in [1.807, 2.05) is 13.0 Å². The summed E-state index contributed by atoms with van der Waals surface area (Å²) >= 11 is 6.63. The SMILES string of the molecule is C=C1Nc2c(Cl)cc3cc(C(=O)N(CC)CCC#N)oc3c2C2(CCCCC2)N1. The van der Waals surface area contributed by atoms with Crippen LogP contribution in [0, 0.1) is 11.3 Å². The normalized spacial score (nSPS) is 17.3. The molecular formula is C22H25ClN4O2. The first-order valence-electron chi connectivity index (χ1n) is 10.2. The minimum atomic E-state index is -0.289. The van der Waals surface area contributed by atoms with Crippen molar-refractivity contribution in [2.75, 3.05) is 18.4 Å². The lowest BCUT2D eigenvalue weighted by atomic mass is 9.74. The minimum absolute atomic E-state index is 0.206. The van der Waals surface area contributed by atoms with E-state index in [1.54, 1.807) is 11.0 Å². The fraction of sp³-hybridized carbons (Fsp3) is 0.455. The summed E-state index contributed by atoms with van der Waals surface area (Å²) in [4.78, 5) is 14.6. The van der Waals surface area contributed by atoms with Crippen molar-refractivity contribution in [1.29, 1.82) is 5.26 Å². The van der Waals surface area contributed by atoms with E-state index in [2.05, 4.69) is 23.3 Å². The molecule has 7 heteroatoms. The lowest BCUT2D eigenvalue weighted by molar-refractivity contribution is 0.0738. The molecule has 152 valence electrons. The number of nitriles is 1. The van der Waals surface area contributed by atoms with Crippen molar-refractivity contribution in [3.63, 3.8) is 0 Å². The molecule has 1 aromatic carbocycles. The molecule has 2 heterocycles. The Hall–Kier alpha value is -2.65. The van der Waals surface area contributed by atoms with Gasteiger partial charge in [-0.25, -0.2) is 0 Å². The number of carbonyl (C=O) groups is 1. The van der Waals surface area contributed by atoms with E-state index in [4.69, 9.17) is 21.3 Å². The van der Waals surface area contributed by atoms with E-state index >= 15 is 0 Å². The second kappa shape index (κ2) is 7.64. The Labute approximate surface area is 175 Å². The Balaban J connectivity index is 1.84. The number of furan rings is 1. The molecular weight excluding hydrogens is 388 g/mol. The van der Waals surface area contributed by atoms with Crippen LogP contribution in [0.5, 0.6) is 0 Å². The number of nitrogens with zero attached hydrogens (tertiary/aromatic N) is 2. The van der Waals surface area contributed by atoms with Gasteiger partial charge in [-0.05, 0) is 31.9 Å². The molecule has 1 saturated carbocycles. The molecule has 1 fully saturated rings. The van der Waals surface area contributed by atoms with E-state index in [-0.39, 0.29) is 17.2 Å². The highest BCUT2D eigenvalue weighted by Gasteiger charge is 2.42. The molecule has 1 amide bonds. The molecule has 4 rings (SSSR count). The van der Waals surface area contributed by atoms with Gasteiger partial charge in [0.15, 0.2) is 5.76 Å². The predicted octanol–water partition coefficient (Wildman–Crippen LogP) is 5.11. The first-order chi connectivity index (χ1) is 14.0. The maximum Gasteiger partial charge on any atom is 0.289 e. The van der Waals surface area contributed by atoms with Crippen LogP contribution in [0.25, 0.3) is 11.0 Å². The number of anilines is 1. The molecule has 0 bridgehead atoms. The summed E-state index contributed by atoms with van der Waals surface area (Å²) in [5.74, 6) is 0.805. The van der Waals surface area contributed by atoms with Crippen LogP contribution in [0.4, 0.5) is 5.69 Å². The first kappa shape index (κ1) is 19.7. The van der Waals surface area contributed by atoms with Crippen molar-refractivity contribution < 1.29 is 9.21 Å². The van der Waals surface area contributed by atoms with Crippen molar-refractivity contribution in [2.45, 2.75) is 51.0 Å². The average Bonchev–Trinajstić information content (AvgIpc) is 3.12. The number of hydrogen-bond donors (Lipinski definition) is 2. The molecule has 0 unspecified atom stereocenters. The van der Waals surface area contributed by atoms with Gasteiger partial charge in [0.05, 0.1) is 34.6 Å². The molecule has 1 spiro atoms. The summed E-state index contributed by atoms with van der Waals surface area (Å²) in [6.07, 6.45) is 5.64. The zero-order chi connectivity index (χ0) is 20.6. The van der Waals surface area contributed by atoms with Crippen LogP contribution < -0.4 is 10.6 Å². The number of fused-ring (bicyclic) bond motifs is 4. The van der Waals surface area contributed by atoms with Crippen molar-refractivity contribution >= 4 is 34.2 Å². The van der Waals surface area contributed by atoms with Crippen molar-refractivity contribution in [3.8, 4) is 6.07 Å². The number of rotatable bonds is 4. The van der Waals surface area contributed by atoms with Gasteiger partial charge in [-0.1, -0.05) is 37.4 Å². The number of hydrogen-bond acceptors (Lipinski definition) is 5. The Morgan fingerprint density at radius 2 is 2.14 bits per heavy atom. The molecule has 0 saturated heterocycles. The number of amides is 1. The Kier molecular flexibility index (Phi) is 5.18. The van der Waals surface area contributed by atoms with E-state index in [1.165, 1.54) is 6.42 Å². The minimum Gasteiger partial charge on any atom is -0.450 e. The summed E-state index contributed by atoms with van der Waals surface area (Å²) in [5.41, 5.74) is 2.21. The molecule has 2 aliphatic rings. The van der Waals surface area contributed by atoms with Crippen LogP contribution in [0.15, 0.2) is 28.9 Å². The molecule has 1 aliphatic heterocycles. The summed E-state index contributed by atoms with van der Waals surface area (Å²) in [7, 11) is 0. The lowest BCUT2D eigenvalue weighted by Crippen LogP contribution is -2.48. The quantitative estimate of drug-likeness (QED) is 0.729. The summed E-state index contributed by atoms with van der Waals surface area (Å²) < 4.78 is 6.17. The van der Waals surface area contributed by atoms with Gasteiger partial charge in [0, 0.05) is 24.0 Å². The third kappa shape index (κ3) is 3.34. The Bertz CT molecular complexity index is 1010. The fourth-order valence-corrected chi connectivity index (χ4v) is 4.90. The Morgan fingerprint density at radius 3 is 2.83 bits per heavy atom. The third-order valence-electron chi connectivity index (χ3n) is 5.98. The fourth-order valence-electron chi connectivity index (χ4n) is 4.64. The van der Waals surface area contributed by atoms with Crippen LogP contribution >= 0.6 is 11.6 Å². The zero-order valence-corrected chi connectivity index (χ0v) is 17.4. The van der Waals surface area contributed by atoms with E-state index in [0.717, 1.165) is 48.1 Å². The number of benzene rings is 1. The highest BCUT2D eigenvalue weighted by atomic mass is 35.5. The first-order valence-corrected chi connectivity index (χ1v) is 10.5. The van der Waals surface area contributed by atoms with Gasteiger partial charge in [0.1, 0.15) is 5.58 Å². The van der Waals surface area contributed by atoms with Crippen LogP contribution in [-0.4, -0.2) is 23.9 Å². The number of nitrogens with one attached hydrogen (secondary N) is 2. The number of halogens is 1. The molecule has 6 nitrogen and oxygen atoms in total. The maximum atomic E-state index is 13.0. The topological polar surface area (TPSA) is 81.3 Å². The molecule has 1 aromatic heterocycles. The second-order valence-electron chi connectivity index (χ2n) is 7.80. The second-order valence-corrected chi connectivity index (χ2v) is 8.21. The molecule has 2 aromatic rings. The largest absolute Gasteiger partial charge is 0.450 e. The molecule has 2 N–H and O–H groups in total. The number of carbonyl (C=O) groups excluding carboxylic acids is 1. The van der Waals surface area contributed by atoms with Crippen molar-refractivity contribution in [2.24, 2.45) is 0 Å². The summed E-state index contributed by atoms with van der Waals surface area (Å²) in [6.45, 7) is 6.88. The maximum absolute atomic E-state index is 13.0.